The van der Waals surface area contributed by atoms with E-state index < -0.39 is 0 Å². The maximum Gasteiger partial charge on any atom is 0.0492 e. The summed E-state index contributed by atoms with van der Waals surface area (Å²) in [7, 11) is 0. The number of hydrogen-bond donors (Lipinski definition) is 0. The molecule has 0 bridgehead atoms. The third-order valence-corrected chi connectivity index (χ3v) is 13.6. The van der Waals surface area contributed by atoms with Gasteiger partial charge < -0.3 is 18.9 Å². The van der Waals surface area contributed by atoms with Crippen molar-refractivity contribution in [2.45, 2.75) is 25.9 Å². The smallest absolute Gasteiger partial charge is 0.0492 e. The van der Waals surface area contributed by atoms with E-state index in [0.29, 0.717) is 0 Å². The number of nitrogens with zero attached hydrogens (tertiary/aromatic N) is 4. The Bertz CT molecular complexity index is 3620. The van der Waals surface area contributed by atoms with Crippen LogP contribution in [0, 0.1) is 23.7 Å². The minimum atomic E-state index is 0.929. The summed E-state index contributed by atoms with van der Waals surface area (Å²) in [6.07, 6.45) is 2.09. The summed E-state index contributed by atoms with van der Waals surface area (Å²) in [6, 6.07) is 90.0. The number of benzene rings is 10. The zero-order valence-electron chi connectivity index (χ0n) is 39.9. The van der Waals surface area contributed by atoms with Crippen LogP contribution in [0.5, 0.6) is 0 Å². The summed E-state index contributed by atoms with van der Waals surface area (Å²) in [6.45, 7) is 1.86. The molecule has 72 heavy (non-hydrogen) atoms. The number of fused-ring (bicyclic) bond motifs is 6. The highest BCUT2D eigenvalue weighted by molar-refractivity contribution is 6.09. The van der Waals surface area contributed by atoms with E-state index in [-0.39, 0.29) is 0 Å². The minimum Gasteiger partial charge on any atom is -0.340 e. The van der Waals surface area contributed by atoms with Gasteiger partial charge in [0.1, 0.15) is 0 Å². The van der Waals surface area contributed by atoms with Crippen LogP contribution in [0.1, 0.15) is 35.1 Å². The van der Waals surface area contributed by atoms with Crippen molar-refractivity contribution >= 4 is 77.7 Å². The highest BCUT2D eigenvalue weighted by Gasteiger charge is 2.15. The predicted molar refractivity (Wildman–Crippen MR) is 302 cm³/mol. The standard InChI is InChI=1S/C68H50N4/c1-5-19-55(20-6-1)71(56-21-7-2-8-22-56)59-41-35-51(36-42-59)31-33-53-39-45-67-63(49-53)61-27-13-15-29-65(61)69(67)47-17-18-48-70-66-30-16-14-28-62(66)64-50-54(40-46-68(64)70)34-32-52-37-43-60(44-38-52)72(57-23-9-3-10-24-57)58-25-11-4-12-26-58/h1-16,19-30,35-46,49-50H,17-18,47-48H2. The maximum absolute atomic E-state index is 3.48. The van der Waals surface area contributed by atoms with Gasteiger partial charge in [-0.25, -0.2) is 0 Å². The molecule has 0 aliphatic heterocycles. The zero-order valence-corrected chi connectivity index (χ0v) is 39.9. The average molecular weight is 923 g/mol. The van der Waals surface area contributed by atoms with Crippen molar-refractivity contribution in [3.63, 3.8) is 0 Å². The summed E-state index contributed by atoms with van der Waals surface area (Å²) in [5.41, 5.74) is 15.6. The Morgan fingerprint density at radius 1 is 0.250 bits per heavy atom. The van der Waals surface area contributed by atoms with Crippen molar-refractivity contribution in [1.29, 1.82) is 0 Å². The van der Waals surface area contributed by atoms with Crippen molar-refractivity contribution in [2.75, 3.05) is 9.80 Å². The van der Waals surface area contributed by atoms with Gasteiger partial charge in [0.05, 0.1) is 0 Å². The molecule has 342 valence electrons. The molecule has 0 fully saturated rings. The Kier molecular flexibility index (Phi) is 12.1. The van der Waals surface area contributed by atoms with Gasteiger partial charge in [0, 0.05) is 113 Å². The van der Waals surface area contributed by atoms with Gasteiger partial charge in [-0.05, 0) is 158 Å². The van der Waals surface area contributed by atoms with E-state index in [0.717, 1.165) is 82.3 Å². The molecule has 4 heteroatoms. The van der Waals surface area contributed by atoms with Crippen molar-refractivity contribution < 1.29 is 0 Å². The number of para-hydroxylation sites is 6. The first kappa shape index (κ1) is 43.8. The normalized spacial score (nSPS) is 11.1. The minimum absolute atomic E-state index is 0.929. The fourth-order valence-corrected chi connectivity index (χ4v) is 10.2. The van der Waals surface area contributed by atoms with Gasteiger partial charge >= 0.3 is 0 Å². The molecule has 0 aliphatic carbocycles. The van der Waals surface area contributed by atoms with Crippen molar-refractivity contribution in [2.24, 2.45) is 0 Å². The van der Waals surface area contributed by atoms with Crippen LogP contribution in [0.4, 0.5) is 34.1 Å². The number of aryl methyl sites for hydroxylation is 2. The SMILES string of the molecule is C(#Cc1ccc2c(c1)c1ccccc1n2CCCCn1c2ccccc2c2cc(C#Cc3ccc(N(c4ccccc4)c4ccccc4)cc3)ccc21)c1ccc(N(c2ccccc2)c2ccccc2)cc1. The van der Waals surface area contributed by atoms with E-state index in [9.17, 15) is 0 Å². The van der Waals surface area contributed by atoms with Gasteiger partial charge in [-0.3, -0.25) is 0 Å². The van der Waals surface area contributed by atoms with Gasteiger partial charge in [-0.2, -0.15) is 0 Å². The molecule has 4 nitrogen and oxygen atoms in total. The molecule has 12 rings (SSSR count). The number of rotatable bonds is 11. The summed E-state index contributed by atoms with van der Waals surface area (Å²) < 4.78 is 5.00. The number of aromatic nitrogens is 2. The van der Waals surface area contributed by atoms with Crippen molar-refractivity contribution in [3.8, 4) is 23.7 Å². The lowest BCUT2D eigenvalue weighted by Gasteiger charge is -2.25. The molecule has 0 saturated heterocycles. The summed E-state index contributed by atoms with van der Waals surface area (Å²) in [5, 5.41) is 5.01. The van der Waals surface area contributed by atoms with Crippen molar-refractivity contribution in [1.82, 2.24) is 9.13 Å². The highest BCUT2D eigenvalue weighted by Crippen LogP contribution is 2.37. The van der Waals surface area contributed by atoms with E-state index in [1.54, 1.807) is 0 Å². The Morgan fingerprint density at radius 2 is 0.528 bits per heavy atom. The first-order valence-corrected chi connectivity index (χ1v) is 24.8. The molecule has 0 spiro atoms. The summed E-state index contributed by atoms with van der Waals surface area (Å²) >= 11 is 0. The maximum atomic E-state index is 3.48. The van der Waals surface area contributed by atoms with Gasteiger partial charge in [-0.1, -0.05) is 133 Å². The molecule has 2 heterocycles. The molecular weight excluding hydrogens is 873 g/mol. The molecule has 2 aromatic heterocycles. The molecule has 0 aliphatic rings. The molecule has 10 aromatic carbocycles. The van der Waals surface area contributed by atoms with Crippen LogP contribution in [-0.4, -0.2) is 9.13 Å². The van der Waals surface area contributed by atoms with Crippen LogP contribution >= 0.6 is 0 Å². The molecule has 0 atom stereocenters. The number of unbranched alkanes of at least 4 members (excludes halogenated alkanes) is 1. The highest BCUT2D eigenvalue weighted by atomic mass is 15.1. The summed E-state index contributed by atoms with van der Waals surface area (Å²) in [4.78, 5) is 4.54. The van der Waals surface area contributed by atoms with Crippen LogP contribution in [0.15, 0.2) is 255 Å². The van der Waals surface area contributed by atoms with Gasteiger partial charge in [0.25, 0.3) is 0 Å². The average Bonchev–Trinajstić information content (AvgIpc) is 3.94. The van der Waals surface area contributed by atoms with Crippen LogP contribution in [0.2, 0.25) is 0 Å². The first-order valence-electron chi connectivity index (χ1n) is 24.8. The third-order valence-electron chi connectivity index (χ3n) is 13.6. The lowest BCUT2D eigenvalue weighted by molar-refractivity contribution is 0.583. The molecule has 0 saturated carbocycles. The number of anilines is 6. The van der Waals surface area contributed by atoms with E-state index in [4.69, 9.17) is 0 Å². The largest absolute Gasteiger partial charge is 0.340 e. The lowest BCUT2D eigenvalue weighted by Crippen LogP contribution is -2.09. The lowest BCUT2D eigenvalue weighted by atomic mass is 10.1. The zero-order chi connectivity index (χ0) is 48.1. The van der Waals surface area contributed by atoms with E-state index in [1.807, 2.05) is 0 Å². The number of hydrogen-bond acceptors (Lipinski definition) is 2. The predicted octanol–water partition coefficient (Wildman–Crippen LogP) is 17.1. The van der Waals surface area contributed by atoms with E-state index in [2.05, 4.69) is 297 Å². The van der Waals surface area contributed by atoms with Crippen LogP contribution < -0.4 is 9.80 Å². The third kappa shape index (κ3) is 8.86. The molecule has 0 unspecified atom stereocenters. The fraction of sp³-hybridized carbons (Fsp3) is 0.0588. The monoisotopic (exact) mass is 922 g/mol. The quantitative estimate of drug-likeness (QED) is 0.0949. The molecule has 12 aromatic rings. The molecular formula is C68H50N4. The Balaban J connectivity index is 0.746. The van der Waals surface area contributed by atoms with Crippen molar-refractivity contribution in [3.05, 3.63) is 277 Å². The van der Waals surface area contributed by atoms with Gasteiger partial charge in [0.15, 0.2) is 0 Å². The van der Waals surface area contributed by atoms with E-state index in [1.165, 1.54) is 43.6 Å². The second-order valence-corrected chi connectivity index (χ2v) is 18.1. The summed E-state index contributed by atoms with van der Waals surface area (Å²) in [5.74, 6) is 13.9. The van der Waals surface area contributed by atoms with Crippen LogP contribution in [-0.2, 0) is 13.1 Å². The van der Waals surface area contributed by atoms with Gasteiger partial charge in [-0.15, -0.1) is 0 Å². The topological polar surface area (TPSA) is 16.3 Å². The Morgan fingerprint density at radius 3 is 0.889 bits per heavy atom. The Labute approximate surface area is 421 Å². The second-order valence-electron chi connectivity index (χ2n) is 18.1. The first-order chi connectivity index (χ1) is 35.7. The second kappa shape index (κ2) is 19.9. The Hall–Kier alpha value is -9.48. The molecule has 0 radical (unpaired) electrons. The molecule has 0 N–H and O–H groups in total. The molecule has 0 amide bonds. The van der Waals surface area contributed by atoms with E-state index >= 15 is 0 Å². The van der Waals surface area contributed by atoms with Crippen LogP contribution in [0.3, 0.4) is 0 Å². The fourth-order valence-electron chi connectivity index (χ4n) is 10.2. The van der Waals surface area contributed by atoms with Gasteiger partial charge in [0.2, 0.25) is 0 Å². The van der Waals surface area contributed by atoms with Crippen LogP contribution in [0.25, 0.3) is 43.6 Å².